The number of aromatic nitrogens is 2. The van der Waals surface area contributed by atoms with Gasteiger partial charge in [0, 0.05) is 38.1 Å². The van der Waals surface area contributed by atoms with Gasteiger partial charge in [0.1, 0.15) is 0 Å². The van der Waals surface area contributed by atoms with E-state index in [0.717, 1.165) is 43.9 Å². The lowest BCUT2D eigenvalue weighted by atomic mass is 10.0. The van der Waals surface area contributed by atoms with Crippen molar-refractivity contribution in [2.24, 2.45) is 11.7 Å². The number of nitrogens with two attached hydrogens (primary N) is 1. The zero-order valence-corrected chi connectivity index (χ0v) is 9.28. The fraction of sp³-hybridized carbons (Fsp3) is 0.727. The van der Waals surface area contributed by atoms with E-state index < -0.39 is 0 Å². The first-order valence-electron chi connectivity index (χ1n) is 5.60. The van der Waals surface area contributed by atoms with Gasteiger partial charge in [0.2, 0.25) is 0 Å². The van der Waals surface area contributed by atoms with Crippen LogP contribution in [0.25, 0.3) is 0 Å². The minimum absolute atomic E-state index is 0.583. The summed E-state index contributed by atoms with van der Waals surface area (Å²) in [5.41, 5.74) is 7.84. The van der Waals surface area contributed by atoms with Gasteiger partial charge >= 0.3 is 0 Å². The summed E-state index contributed by atoms with van der Waals surface area (Å²) in [6.45, 7) is 5.40. The molecule has 0 atom stereocenters. The molecule has 1 saturated heterocycles. The predicted molar refractivity (Wildman–Crippen MR) is 58.4 cm³/mol. The van der Waals surface area contributed by atoms with Crippen molar-refractivity contribution >= 4 is 0 Å². The molecule has 2 N–H and O–H groups in total. The van der Waals surface area contributed by atoms with Crippen LogP contribution in [0.15, 0.2) is 6.20 Å². The van der Waals surface area contributed by atoms with E-state index >= 15 is 0 Å². The van der Waals surface area contributed by atoms with Gasteiger partial charge in [-0.15, -0.1) is 0 Å². The number of hydrogen-bond acceptors (Lipinski definition) is 3. The van der Waals surface area contributed by atoms with E-state index in [-0.39, 0.29) is 0 Å². The van der Waals surface area contributed by atoms with Gasteiger partial charge in [-0.2, -0.15) is 5.10 Å². The van der Waals surface area contributed by atoms with Crippen molar-refractivity contribution in [3.05, 3.63) is 17.5 Å². The molecule has 0 aromatic carbocycles. The fourth-order valence-corrected chi connectivity index (χ4v) is 2.05. The van der Waals surface area contributed by atoms with Crippen LogP contribution >= 0.6 is 0 Å². The van der Waals surface area contributed by atoms with Crippen molar-refractivity contribution in [2.75, 3.05) is 13.2 Å². The van der Waals surface area contributed by atoms with Gasteiger partial charge in [-0.25, -0.2) is 0 Å². The molecular formula is C11H19N3O. The molecule has 1 aromatic heterocycles. The third kappa shape index (κ3) is 2.58. The van der Waals surface area contributed by atoms with Crippen molar-refractivity contribution in [3.8, 4) is 0 Å². The van der Waals surface area contributed by atoms with Gasteiger partial charge in [-0.05, 0) is 25.7 Å². The Kier molecular flexibility index (Phi) is 3.38. The van der Waals surface area contributed by atoms with Crippen LogP contribution in [0.4, 0.5) is 0 Å². The molecule has 1 aromatic rings. The first-order valence-corrected chi connectivity index (χ1v) is 5.60. The lowest BCUT2D eigenvalue weighted by Crippen LogP contribution is -2.20. The van der Waals surface area contributed by atoms with Crippen molar-refractivity contribution in [1.29, 1.82) is 0 Å². The maximum Gasteiger partial charge on any atom is 0.0638 e. The highest BCUT2D eigenvalue weighted by atomic mass is 16.5. The lowest BCUT2D eigenvalue weighted by molar-refractivity contribution is 0.0601. The minimum atomic E-state index is 0.583. The summed E-state index contributed by atoms with van der Waals surface area (Å²) >= 11 is 0. The Labute approximate surface area is 90.4 Å². The molecule has 0 radical (unpaired) electrons. The highest BCUT2D eigenvalue weighted by Gasteiger charge is 2.15. The summed E-state index contributed by atoms with van der Waals surface area (Å²) in [4.78, 5) is 0. The normalized spacial score (nSPS) is 18.3. The van der Waals surface area contributed by atoms with Gasteiger partial charge in [-0.1, -0.05) is 0 Å². The first-order chi connectivity index (χ1) is 7.29. The summed E-state index contributed by atoms with van der Waals surface area (Å²) < 4.78 is 7.37. The van der Waals surface area contributed by atoms with Crippen LogP contribution < -0.4 is 5.73 Å². The van der Waals surface area contributed by atoms with Crippen LogP contribution in [0.1, 0.15) is 24.1 Å². The fourth-order valence-electron chi connectivity index (χ4n) is 2.05. The van der Waals surface area contributed by atoms with Crippen LogP contribution in [0.3, 0.4) is 0 Å². The predicted octanol–water partition coefficient (Wildman–Crippen LogP) is 1.08. The Bertz CT molecular complexity index is 316. The third-order valence-electron chi connectivity index (χ3n) is 3.05. The van der Waals surface area contributed by atoms with Gasteiger partial charge in [-0.3, -0.25) is 4.68 Å². The van der Waals surface area contributed by atoms with Gasteiger partial charge < -0.3 is 10.5 Å². The molecule has 1 fully saturated rings. The van der Waals surface area contributed by atoms with Crippen LogP contribution in [-0.4, -0.2) is 23.0 Å². The topological polar surface area (TPSA) is 53.1 Å². The molecule has 2 rings (SSSR count). The zero-order chi connectivity index (χ0) is 10.7. The van der Waals surface area contributed by atoms with E-state index in [1.165, 1.54) is 0 Å². The van der Waals surface area contributed by atoms with E-state index in [9.17, 15) is 0 Å². The molecule has 0 unspecified atom stereocenters. The van der Waals surface area contributed by atoms with Crippen LogP contribution in [0, 0.1) is 12.8 Å². The maximum atomic E-state index is 5.62. The molecule has 0 saturated carbocycles. The molecule has 0 spiro atoms. The van der Waals surface area contributed by atoms with Crippen LogP contribution in [0.2, 0.25) is 0 Å². The number of nitrogens with zero attached hydrogens (tertiary/aromatic N) is 2. The second-order valence-electron chi connectivity index (χ2n) is 4.22. The molecule has 84 valence electrons. The molecular weight excluding hydrogens is 190 g/mol. The second kappa shape index (κ2) is 4.77. The Morgan fingerprint density at radius 1 is 1.53 bits per heavy atom. The van der Waals surface area contributed by atoms with Crippen LogP contribution in [0.5, 0.6) is 0 Å². The highest BCUT2D eigenvalue weighted by Crippen LogP contribution is 2.17. The molecule has 15 heavy (non-hydrogen) atoms. The quantitative estimate of drug-likeness (QED) is 0.810. The van der Waals surface area contributed by atoms with Crippen molar-refractivity contribution < 1.29 is 4.74 Å². The van der Waals surface area contributed by atoms with E-state index in [1.807, 2.05) is 11.6 Å². The molecule has 2 heterocycles. The molecule has 0 amide bonds. The Balaban J connectivity index is 1.97. The van der Waals surface area contributed by atoms with E-state index in [4.69, 9.17) is 10.5 Å². The smallest absolute Gasteiger partial charge is 0.0638 e. The molecule has 4 nitrogen and oxygen atoms in total. The van der Waals surface area contributed by atoms with Crippen molar-refractivity contribution in [2.45, 2.75) is 32.9 Å². The summed E-state index contributed by atoms with van der Waals surface area (Å²) in [5.74, 6) is 0.712. The van der Waals surface area contributed by atoms with E-state index in [0.29, 0.717) is 12.5 Å². The average molecular weight is 209 g/mol. The minimum Gasteiger partial charge on any atom is -0.381 e. The van der Waals surface area contributed by atoms with E-state index in [2.05, 4.69) is 11.3 Å². The standard InChI is InChI=1S/C11H19N3O/c1-9-11(6-12)8-14(13-9)7-10-2-4-15-5-3-10/h8,10H,2-7,12H2,1H3. The number of hydrogen-bond donors (Lipinski definition) is 1. The maximum absolute atomic E-state index is 5.62. The van der Waals surface area contributed by atoms with Gasteiger partial charge in [0.05, 0.1) is 5.69 Å². The molecule has 0 aliphatic carbocycles. The third-order valence-corrected chi connectivity index (χ3v) is 3.05. The van der Waals surface area contributed by atoms with E-state index in [1.54, 1.807) is 0 Å². The SMILES string of the molecule is Cc1nn(CC2CCOCC2)cc1CN. The molecule has 1 aliphatic heterocycles. The number of rotatable bonds is 3. The Morgan fingerprint density at radius 2 is 2.27 bits per heavy atom. The Morgan fingerprint density at radius 3 is 2.87 bits per heavy atom. The van der Waals surface area contributed by atoms with Crippen molar-refractivity contribution in [3.63, 3.8) is 0 Å². The summed E-state index contributed by atoms with van der Waals surface area (Å²) in [6.07, 6.45) is 4.37. The monoisotopic (exact) mass is 209 g/mol. The summed E-state index contributed by atoms with van der Waals surface area (Å²) in [7, 11) is 0. The largest absolute Gasteiger partial charge is 0.381 e. The zero-order valence-electron chi connectivity index (χ0n) is 9.28. The Hall–Kier alpha value is -0.870. The second-order valence-corrected chi connectivity index (χ2v) is 4.22. The summed E-state index contributed by atoms with van der Waals surface area (Å²) in [6, 6.07) is 0. The van der Waals surface area contributed by atoms with Crippen LogP contribution in [-0.2, 0) is 17.8 Å². The van der Waals surface area contributed by atoms with Gasteiger partial charge in [0.25, 0.3) is 0 Å². The number of ether oxygens (including phenoxy) is 1. The lowest BCUT2D eigenvalue weighted by Gasteiger charge is -2.21. The molecule has 0 bridgehead atoms. The summed E-state index contributed by atoms with van der Waals surface area (Å²) in [5, 5.41) is 4.47. The average Bonchev–Trinajstić information content (AvgIpc) is 2.60. The number of aryl methyl sites for hydroxylation is 1. The first kappa shape index (κ1) is 10.6. The van der Waals surface area contributed by atoms with Crippen molar-refractivity contribution in [1.82, 2.24) is 9.78 Å². The molecule has 4 heteroatoms. The van der Waals surface area contributed by atoms with Gasteiger partial charge in [0.15, 0.2) is 0 Å². The highest BCUT2D eigenvalue weighted by molar-refractivity contribution is 5.14. The molecule has 1 aliphatic rings.